The second kappa shape index (κ2) is 10.2. The molecule has 0 aliphatic heterocycles. The number of hydrogen-bond acceptors (Lipinski definition) is 6. The van der Waals surface area contributed by atoms with Crippen molar-refractivity contribution in [1.29, 1.82) is 0 Å². The van der Waals surface area contributed by atoms with Crippen LogP contribution in [0.25, 0.3) is 10.9 Å². The molecule has 1 fully saturated rings. The Labute approximate surface area is 201 Å². The fourth-order valence-electron chi connectivity index (χ4n) is 4.21. The number of ether oxygens (including phenoxy) is 1. The fraction of sp³-hybridized carbons (Fsp3) is 0.417. The molecule has 0 spiro atoms. The summed E-state index contributed by atoms with van der Waals surface area (Å²) in [6, 6.07) is 12.9. The largest absolute Gasteiger partial charge is 0.573 e. The molecular formula is C24H27ClF3N5O. The van der Waals surface area contributed by atoms with E-state index in [4.69, 9.17) is 16.6 Å². The summed E-state index contributed by atoms with van der Waals surface area (Å²) in [5.74, 6) is 1.13. The van der Waals surface area contributed by atoms with Crippen LogP contribution in [0.3, 0.4) is 0 Å². The van der Waals surface area contributed by atoms with E-state index in [1.54, 1.807) is 6.07 Å². The highest BCUT2D eigenvalue weighted by molar-refractivity contribution is 6.32. The van der Waals surface area contributed by atoms with Gasteiger partial charge in [-0.2, -0.15) is 4.98 Å². The van der Waals surface area contributed by atoms with Crippen LogP contribution in [0.5, 0.6) is 5.75 Å². The maximum absolute atomic E-state index is 12.4. The van der Waals surface area contributed by atoms with Gasteiger partial charge in [-0.25, -0.2) is 4.98 Å². The molecule has 1 saturated carbocycles. The molecule has 10 heteroatoms. The van der Waals surface area contributed by atoms with Gasteiger partial charge in [-0.05, 0) is 55.5 Å². The quantitative estimate of drug-likeness (QED) is 0.436. The van der Waals surface area contributed by atoms with E-state index in [0.717, 1.165) is 48.0 Å². The highest BCUT2D eigenvalue weighted by Crippen LogP contribution is 2.31. The third-order valence-electron chi connectivity index (χ3n) is 5.88. The van der Waals surface area contributed by atoms with E-state index < -0.39 is 12.1 Å². The monoisotopic (exact) mass is 493 g/mol. The molecule has 34 heavy (non-hydrogen) atoms. The van der Waals surface area contributed by atoms with Crippen molar-refractivity contribution in [3.63, 3.8) is 0 Å². The number of benzene rings is 2. The van der Waals surface area contributed by atoms with E-state index in [1.165, 1.54) is 12.1 Å². The van der Waals surface area contributed by atoms with E-state index in [-0.39, 0.29) is 11.1 Å². The zero-order valence-corrected chi connectivity index (χ0v) is 19.7. The first kappa shape index (κ1) is 24.3. The first-order chi connectivity index (χ1) is 16.2. The molecule has 1 aliphatic carbocycles. The van der Waals surface area contributed by atoms with Gasteiger partial charge < -0.3 is 20.3 Å². The molecule has 6 nitrogen and oxygen atoms in total. The summed E-state index contributed by atoms with van der Waals surface area (Å²) >= 11 is 5.94. The Balaban J connectivity index is 1.30. The van der Waals surface area contributed by atoms with Crippen molar-refractivity contribution in [1.82, 2.24) is 15.3 Å². The number of nitrogens with one attached hydrogen (secondary N) is 2. The first-order valence-electron chi connectivity index (χ1n) is 11.2. The third kappa shape index (κ3) is 6.21. The third-order valence-corrected chi connectivity index (χ3v) is 6.18. The van der Waals surface area contributed by atoms with Crippen LogP contribution in [0.2, 0.25) is 5.02 Å². The van der Waals surface area contributed by atoms with Gasteiger partial charge in [-0.1, -0.05) is 29.8 Å². The molecule has 0 saturated heterocycles. The Kier molecular flexibility index (Phi) is 7.33. The maximum Gasteiger partial charge on any atom is 0.573 e. The lowest BCUT2D eigenvalue weighted by molar-refractivity contribution is -0.274. The molecule has 0 unspecified atom stereocenters. The van der Waals surface area contributed by atoms with Crippen molar-refractivity contribution >= 4 is 34.3 Å². The summed E-state index contributed by atoms with van der Waals surface area (Å²) in [6.07, 6.45) is -0.903. The minimum absolute atomic E-state index is 0.0583. The molecule has 182 valence electrons. The summed E-state index contributed by atoms with van der Waals surface area (Å²) in [5, 5.41) is 7.93. The molecule has 2 N–H and O–H groups in total. The SMILES string of the molecule is CN(C)c1nc(N[C@H]2CC[C@@H](NCc3ccc(OC(F)(F)F)c(Cl)c3)CC2)nc2ccccc12. The lowest BCUT2D eigenvalue weighted by Crippen LogP contribution is -2.37. The first-order valence-corrected chi connectivity index (χ1v) is 11.5. The van der Waals surface area contributed by atoms with Gasteiger partial charge in [0, 0.05) is 38.1 Å². The molecule has 4 rings (SSSR count). The average Bonchev–Trinajstić information content (AvgIpc) is 2.79. The topological polar surface area (TPSA) is 62.3 Å². The Bertz CT molecular complexity index is 1130. The summed E-state index contributed by atoms with van der Waals surface area (Å²) in [7, 11) is 3.94. The van der Waals surface area contributed by atoms with Crippen LogP contribution < -0.4 is 20.3 Å². The number of hydrogen-bond donors (Lipinski definition) is 2. The molecule has 0 radical (unpaired) electrons. The molecule has 3 aromatic rings. The number of alkyl halides is 3. The molecule has 1 aliphatic rings. The van der Waals surface area contributed by atoms with Gasteiger partial charge in [-0.15, -0.1) is 13.2 Å². The minimum atomic E-state index is -4.76. The van der Waals surface area contributed by atoms with E-state index in [9.17, 15) is 13.2 Å². The Morgan fingerprint density at radius 1 is 1.03 bits per heavy atom. The van der Waals surface area contributed by atoms with Crippen LogP contribution in [0.4, 0.5) is 24.9 Å². The molecule has 0 bridgehead atoms. The molecular weight excluding hydrogens is 467 g/mol. The number of fused-ring (bicyclic) bond motifs is 1. The van der Waals surface area contributed by atoms with Gasteiger partial charge >= 0.3 is 6.36 Å². The number of aromatic nitrogens is 2. The van der Waals surface area contributed by atoms with E-state index in [0.29, 0.717) is 18.5 Å². The van der Waals surface area contributed by atoms with Crippen molar-refractivity contribution < 1.29 is 17.9 Å². The standard InChI is InChI=1S/C24H27ClF3N5O/c1-33(2)22-18-5-3-4-6-20(18)31-23(32-22)30-17-10-8-16(9-11-17)29-14-15-7-12-21(19(25)13-15)34-24(26,27)28/h3-7,12-13,16-17,29H,8-11,14H2,1-2H3,(H,30,31,32)/t16-,17+. The lowest BCUT2D eigenvalue weighted by atomic mass is 9.91. The number of para-hydroxylation sites is 1. The number of halogens is 4. The van der Waals surface area contributed by atoms with Crippen LogP contribution in [0.1, 0.15) is 31.2 Å². The zero-order chi connectivity index (χ0) is 24.3. The van der Waals surface area contributed by atoms with Gasteiger partial charge in [0.05, 0.1) is 10.5 Å². The lowest BCUT2D eigenvalue weighted by Gasteiger charge is -2.30. The molecule has 1 heterocycles. The second-order valence-corrected chi connectivity index (χ2v) is 9.08. The predicted octanol–water partition coefficient (Wildman–Crippen LogP) is 5.76. The zero-order valence-electron chi connectivity index (χ0n) is 19.0. The van der Waals surface area contributed by atoms with Crippen molar-refractivity contribution in [2.24, 2.45) is 0 Å². The normalized spacial score (nSPS) is 18.6. The Morgan fingerprint density at radius 2 is 1.74 bits per heavy atom. The molecule has 2 aromatic carbocycles. The fourth-order valence-corrected chi connectivity index (χ4v) is 4.46. The van der Waals surface area contributed by atoms with Crippen molar-refractivity contribution in [2.45, 2.75) is 50.7 Å². The van der Waals surface area contributed by atoms with Crippen molar-refractivity contribution in [3.8, 4) is 5.75 Å². The van der Waals surface area contributed by atoms with Gasteiger partial charge in [-0.3, -0.25) is 0 Å². The summed E-state index contributed by atoms with van der Waals surface area (Å²) in [5.41, 5.74) is 1.71. The minimum Gasteiger partial charge on any atom is -0.404 e. The van der Waals surface area contributed by atoms with E-state index >= 15 is 0 Å². The van der Waals surface area contributed by atoms with Gasteiger partial charge in [0.2, 0.25) is 5.95 Å². The molecule has 0 atom stereocenters. The summed E-state index contributed by atoms with van der Waals surface area (Å²) in [4.78, 5) is 11.4. The van der Waals surface area contributed by atoms with Crippen LogP contribution in [0, 0.1) is 0 Å². The Hall–Kier alpha value is -2.78. The van der Waals surface area contributed by atoms with Gasteiger partial charge in [0.15, 0.2) is 0 Å². The number of nitrogens with zero attached hydrogens (tertiary/aromatic N) is 3. The van der Waals surface area contributed by atoms with Crippen LogP contribution in [-0.2, 0) is 6.54 Å². The van der Waals surface area contributed by atoms with E-state index in [2.05, 4.69) is 20.4 Å². The summed E-state index contributed by atoms with van der Waals surface area (Å²) in [6.45, 7) is 0.523. The van der Waals surface area contributed by atoms with Crippen LogP contribution in [0.15, 0.2) is 42.5 Å². The van der Waals surface area contributed by atoms with Gasteiger partial charge in [0.25, 0.3) is 0 Å². The second-order valence-electron chi connectivity index (χ2n) is 8.67. The van der Waals surface area contributed by atoms with Crippen LogP contribution in [-0.4, -0.2) is 42.5 Å². The smallest absolute Gasteiger partial charge is 0.404 e. The Morgan fingerprint density at radius 3 is 2.41 bits per heavy atom. The highest BCUT2D eigenvalue weighted by Gasteiger charge is 2.32. The highest BCUT2D eigenvalue weighted by atomic mass is 35.5. The maximum atomic E-state index is 12.4. The van der Waals surface area contributed by atoms with Crippen molar-refractivity contribution in [3.05, 3.63) is 53.1 Å². The molecule has 0 amide bonds. The summed E-state index contributed by atoms with van der Waals surface area (Å²) < 4.78 is 41.1. The van der Waals surface area contributed by atoms with Crippen LogP contribution >= 0.6 is 11.6 Å². The molecule has 1 aromatic heterocycles. The number of rotatable bonds is 7. The number of anilines is 2. The average molecular weight is 494 g/mol. The van der Waals surface area contributed by atoms with Crippen molar-refractivity contribution in [2.75, 3.05) is 24.3 Å². The van der Waals surface area contributed by atoms with E-state index in [1.807, 2.05) is 43.3 Å². The predicted molar refractivity (Wildman–Crippen MR) is 129 cm³/mol. The van der Waals surface area contributed by atoms with Gasteiger partial charge in [0.1, 0.15) is 11.6 Å².